The first-order valence-corrected chi connectivity index (χ1v) is 3.71. The first kappa shape index (κ1) is 9.88. The molecule has 0 radical (unpaired) electrons. The van der Waals surface area contributed by atoms with Crippen molar-refractivity contribution in [2.24, 2.45) is 0 Å². The lowest BCUT2D eigenvalue weighted by molar-refractivity contribution is -0.109. The number of rotatable bonds is 6. The van der Waals surface area contributed by atoms with Gasteiger partial charge in [0.15, 0.2) is 0 Å². The molecule has 3 heteroatoms. The molecular weight excluding hydrogens is 128 g/mol. The van der Waals surface area contributed by atoms with Crippen molar-refractivity contribution in [3.05, 3.63) is 0 Å². The first-order chi connectivity index (χ1) is 4.81. The summed E-state index contributed by atoms with van der Waals surface area (Å²) in [6.07, 6.45) is 2.40. The molecule has 0 aromatic heterocycles. The Labute approximate surface area is 63.3 Å². The van der Waals surface area contributed by atoms with Gasteiger partial charge in [-0.2, -0.15) is 5.06 Å². The van der Waals surface area contributed by atoms with Crippen molar-refractivity contribution in [2.45, 2.75) is 12.8 Å². The summed E-state index contributed by atoms with van der Waals surface area (Å²) >= 11 is 0. The molecule has 0 aromatic rings. The van der Waals surface area contributed by atoms with Crippen LogP contribution < -0.4 is 5.32 Å². The van der Waals surface area contributed by atoms with Crippen molar-refractivity contribution in [3.8, 4) is 0 Å². The summed E-state index contributed by atoms with van der Waals surface area (Å²) in [6, 6.07) is 0. The van der Waals surface area contributed by atoms with Crippen molar-refractivity contribution in [2.75, 3.05) is 34.3 Å². The van der Waals surface area contributed by atoms with Gasteiger partial charge in [0.1, 0.15) is 0 Å². The zero-order chi connectivity index (χ0) is 7.82. The second-order valence-electron chi connectivity index (χ2n) is 2.34. The average molecular weight is 146 g/mol. The monoisotopic (exact) mass is 146 g/mol. The van der Waals surface area contributed by atoms with E-state index in [1.165, 1.54) is 12.8 Å². The van der Waals surface area contributed by atoms with E-state index in [2.05, 4.69) is 5.32 Å². The molecular formula is C7H18N2O. The topological polar surface area (TPSA) is 24.5 Å². The quantitative estimate of drug-likeness (QED) is 0.436. The van der Waals surface area contributed by atoms with Gasteiger partial charge in [0.25, 0.3) is 0 Å². The van der Waals surface area contributed by atoms with Crippen LogP contribution in [0.3, 0.4) is 0 Å². The predicted molar refractivity (Wildman–Crippen MR) is 42.8 cm³/mol. The van der Waals surface area contributed by atoms with Crippen molar-refractivity contribution in [3.63, 3.8) is 0 Å². The maximum Gasteiger partial charge on any atom is 0.0575 e. The molecule has 0 aliphatic rings. The minimum absolute atomic E-state index is 1.01. The molecule has 0 spiro atoms. The van der Waals surface area contributed by atoms with Gasteiger partial charge >= 0.3 is 0 Å². The number of nitrogens with zero attached hydrogens (tertiary/aromatic N) is 1. The van der Waals surface area contributed by atoms with Crippen LogP contribution in [0.4, 0.5) is 0 Å². The van der Waals surface area contributed by atoms with E-state index in [9.17, 15) is 0 Å². The number of nitrogens with one attached hydrogen (secondary N) is 1. The maximum absolute atomic E-state index is 4.94. The fourth-order valence-corrected chi connectivity index (χ4v) is 0.728. The highest BCUT2D eigenvalue weighted by Gasteiger charge is 1.92. The zero-order valence-corrected chi connectivity index (χ0v) is 7.18. The Bertz CT molecular complexity index is 68.6. The second-order valence-corrected chi connectivity index (χ2v) is 2.34. The van der Waals surface area contributed by atoms with Gasteiger partial charge in [-0.05, 0) is 26.4 Å². The van der Waals surface area contributed by atoms with E-state index in [-0.39, 0.29) is 0 Å². The normalized spacial score (nSPS) is 10.8. The lowest BCUT2D eigenvalue weighted by Crippen LogP contribution is -2.19. The Kier molecular flexibility index (Phi) is 6.91. The highest BCUT2D eigenvalue weighted by atomic mass is 16.7. The maximum atomic E-state index is 4.94. The molecule has 0 unspecified atom stereocenters. The summed E-state index contributed by atoms with van der Waals surface area (Å²) in [5, 5.41) is 4.94. The smallest absolute Gasteiger partial charge is 0.0575 e. The summed E-state index contributed by atoms with van der Waals surface area (Å²) in [5.41, 5.74) is 0. The molecule has 0 rings (SSSR count). The van der Waals surface area contributed by atoms with E-state index in [0.717, 1.165) is 13.1 Å². The molecule has 0 saturated heterocycles. The van der Waals surface area contributed by atoms with E-state index in [0.29, 0.717) is 0 Å². The van der Waals surface area contributed by atoms with Crippen LogP contribution in [0.25, 0.3) is 0 Å². The molecule has 0 aliphatic heterocycles. The van der Waals surface area contributed by atoms with E-state index in [4.69, 9.17) is 4.84 Å². The second kappa shape index (κ2) is 6.99. The van der Waals surface area contributed by atoms with Crippen molar-refractivity contribution >= 4 is 0 Å². The highest BCUT2D eigenvalue weighted by Crippen LogP contribution is 1.90. The molecule has 0 aliphatic carbocycles. The Hall–Kier alpha value is -0.120. The van der Waals surface area contributed by atoms with Crippen molar-refractivity contribution in [1.29, 1.82) is 0 Å². The van der Waals surface area contributed by atoms with Gasteiger partial charge in [0, 0.05) is 13.6 Å². The van der Waals surface area contributed by atoms with Crippen LogP contribution in [0.2, 0.25) is 0 Å². The Balaban J connectivity index is 2.89. The summed E-state index contributed by atoms with van der Waals surface area (Å²) in [6.45, 7) is 2.11. The molecule has 62 valence electrons. The van der Waals surface area contributed by atoms with Crippen LogP contribution in [0.1, 0.15) is 12.8 Å². The lowest BCUT2D eigenvalue weighted by atomic mass is 10.3. The fourth-order valence-electron chi connectivity index (χ4n) is 0.728. The largest absolute Gasteiger partial charge is 0.320 e. The van der Waals surface area contributed by atoms with Crippen LogP contribution in [0, 0.1) is 0 Å². The van der Waals surface area contributed by atoms with Crippen LogP contribution in [-0.2, 0) is 4.84 Å². The number of hydrogen-bond acceptors (Lipinski definition) is 3. The Morgan fingerprint density at radius 2 is 2.10 bits per heavy atom. The van der Waals surface area contributed by atoms with Crippen LogP contribution in [-0.4, -0.2) is 39.4 Å². The molecule has 0 heterocycles. The van der Waals surface area contributed by atoms with Gasteiger partial charge < -0.3 is 10.2 Å². The Morgan fingerprint density at radius 1 is 1.40 bits per heavy atom. The molecule has 0 saturated carbocycles. The summed E-state index contributed by atoms with van der Waals surface area (Å²) in [7, 11) is 5.61. The molecule has 3 nitrogen and oxygen atoms in total. The molecule has 0 atom stereocenters. The Morgan fingerprint density at radius 3 is 2.60 bits per heavy atom. The van der Waals surface area contributed by atoms with Gasteiger partial charge in [-0.15, -0.1) is 0 Å². The van der Waals surface area contributed by atoms with E-state index in [1.54, 1.807) is 7.11 Å². The number of hydroxylamine groups is 2. The highest BCUT2D eigenvalue weighted by molar-refractivity contribution is 4.44. The van der Waals surface area contributed by atoms with E-state index >= 15 is 0 Å². The van der Waals surface area contributed by atoms with Crippen molar-refractivity contribution in [1.82, 2.24) is 10.4 Å². The van der Waals surface area contributed by atoms with Crippen LogP contribution in [0.15, 0.2) is 0 Å². The first-order valence-electron chi connectivity index (χ1n) is 3.71. The molecule has 10 heavy (non-hydrogen) atoms. The molecule has 0 amide bonds. The SMILES string of the molecule is CNCCCCN(C)OC. The summed E-state index contributed by atoms with van der Waals surface area (Å²) < 4.78 is 0. The standard InChI is InChI=1S/C7H18N2O/c1-8-6-4-5-7-9(2)10-3/h8H,4-7H2,1-3H3. The zero-order valence-electron chi connectivity index (χ0n) is 7.18. The van der Waals surface area contributed by atoms with Gasteiger partial charge in [0.2, 0.25) is 0 Å². The van der Waals surface area contributed by atoms with Gasteiger partial charge in [0.05, 0.1) is 7.11 Å². The van der Waals surface area contributed by atoms with Gasteiger partial charge in [-0.1, -0.05) is 0 Å². The minimum Gasteiger partial charge on any atom is -0.320 e. The lowest BCUT2D eigenvalue weighted by Gasteiger charge is -2.12. The molecule has 0 fully saturated rings. The van der Waals surface area contributed by atoms with Gasteiger partial charge in [-0.3, -0.25) is 0 Å². The van der Waals surface area contributed by atoms with Crippen molar-refractivity contribution < 1.29 is 4.84 Å². The van der Waals surface area contributed by atoms with Gasteiger partial charge in [-0.25, -0.2) is 0 Å². The minimum atomic E-state index is 1.01. The molecule has 0 bridgehead atoms. The summed E-state index contributed by atoms with van der Waals surface area (Å²) in [4.78, 5) is 4.94. The number of hydrogen-bond donors (Lipinski definition) is 1. The fraction of sp³-hybridized carbons (Fsp3) is 1.00. The van der Waals surface area contributed by atoms with E-state index in [1.807, 2.05) is 19.2 Å². The number of unbranched alkanes of at least 4 members (excludes halogenated alkanes) is 1. The van der Waals surface area contributed by atoms with E-state index < -0.39 is 0 Å². The summed E-state index contributed by atoms with van der Waals surface area (Å²) in [5.74, 6) is 0. The predicted octanol–water partition coefficient (Wildman–Crippen LogP) is 0.479. The third-order valence-electron chi connectivity index (χ3n) is 1.46. The molecule has 1 N–H and O–H groups in total. The van der Waals surface area contributed by atoms with Crippen LogP contribution >= 0.6 is 0 Å². The average Bonchev–Trinajstić information content (AvgIpc) is 1.98. The molecule has 0 aromatic carbocycles. The third-order valence-corrected chi connectivity index (χ3v) is 1.46. The third kappa shape index (κ3) is 6.01. The van der Waals surface area contributed by atoms with Crippen LogP contribution in [0.5, 0.6) is 0 Å².